The molecule has 2 heterocycles. The fourth-order valence-electron chi connectivity index (χ4n) is 5.06. The van der Waals surface area contributed by atoms with Crippen LogP contribution < -0.4 is 10.9 Å². The number of amides is 1. The number of benzene rings is 2. The quantitative estimate of drug-likeness (QED) is 0.212. The highest BCUT2D eigenvalue weighted by Gasteiger charge is 2.25. The van der Waals surface area contributed by atoms with E-state index in [0.29, 0.717) is 39.1 Å². The van der Waals surface area contributed by atoms with Crippen molar-refractivity contribution in [2.24, 2.45) is 4.99 Å². The molecule has 0 radical (unpaired) electrons. The number of nitrogens with one attached hydrogen (secondary N) is 1. The molecule has 7 heteroatoms. The van der Waals surface area contributed by atoms with Gasteiger partial charge in [0.25, 0.3) is 11.5 Å². The minimum Gasteiger partial charge on any atom is -0.494 e. The lowest BCUT2D eigenvalue weighted by Crippen LogP contribution is -2.25. The van der Waals surface area contributed by atoms with E-state index in [9.17, 15) is 14.7 Å². The number of unbranched alkanes of at least 4 members (excludes halogenated alkanes) is 1. The fourth-order valence-corrected chi connectivity index (χ4v) is 6.29. The third-order valence-corrected chi connectivity index (χ3v) is 8.56. The molecule has 0 aliphatic heterocycles. The largest absolute Gasteiger partial charge is 0.494 e. The second kappa shape index (κ2) is 11.0. The van der Waals surface area contributed by atoms with Crippen LogP contribution in [0.2, 0.25) is 0 Å². The molecule has 0 bridgehead atoms. The zero-order chi connectivity index (χ0) is 26.8. The molecule has 1 aliphatic carbocycles. The van der Waals surface area contributed by atoms with Crippen molar-refractivity contribution >= 4 is 39.2 Å². The summed E-state index contributed by atoms with van der Waals surface area (Å²) in [6.07, 6.45) is 7.55. The molecule has 38 heavy (non-hydrogen) atoms. The Morgan fingerprint density at radius 2 is 1.87 bits per heavy atom. The lowest BCUT2D eigenvalue weighted by atomic mass is 9.95. The van der Waals surface area contributed by atoms with E-state index < -0.39 is 0 Å². The second-order valence-electron chi connectivity index (χ2n) is 9.95. The number of aromatic nitrogens is 1. The summed E-state index contributed by atoms with van der Waals surface area (Å²) in [5.41, 5.74) is 4.65. The molecule has 1 aliphatic rings. The molecule has 0 atom stereocenters. The first-order valence-corrected chi connectivity index (χ1v) is 14.1. The van der Waals surface area contributed by atoms with E-state index in [1.165, 1.54) is 9.44 Å². The molecular weight excluding hydrogens is 494 g/mol. The lowest BCUT2D eigenvalue weighted by Gasteiger charge is -2.15. The van der Waals surface area contributed by atoms with Gasteiger partial charge in [-0.05, 0) is 80.8 Å². The Morgan fingerprint density at radius 3 is 2.63 bits per heavy atom. The number of nitrogens with zero attached hydrogens (tertiary/aromatic N) is 2. The molecule has 0 unspecified atom stereocenters. The number of hydrogen-bond donors (Lipinski definition) is 2. The summed E-state index contributed by atoms with van der Waals surface area (Å²) in [6, 6.07) is 12.9. The molecule has 6 nitrogen and oxygen atoms in total. The van der Waals surface area contributed by atoms with Crippen molar-refractivity contribution in [3.05, 3.63) is 85.5 Å². The molecule has 1 amide bonds. The normalized spacial score (nSPS) is 13.2. The van der Waals surface area contributed by atoms with Gasteiger partial charge in [0, 0.05) is 28.4 Å². The first kappa shape index (κ1) is 25.9. The monoisotopic (exact) mass is 527 g/mol. The fraction of sp³-hybridized carbons (Fsp3) is 0.323. The maximum Gasteiger partial charge on any atom is 0.265 e. The Hall–Kier alpha value is -3.71. The van der Waals surface area contributed by atoms with Gasteiger partial charge in [-0.15, -0.1) is 11.3 Å². The van der Waals surface area contributed by atoms with Gasteiger partial charge in [-0.2, -0.15) is 0 Å². The highest BCUT2D eigenvalue weighted by Crippen LogP contribution is 2.40. The predicted molar refractivity (Wildman–Crippen MR) is 156 cm³/mol. The van der Waals surface area contributed by atoms with Gasteiger partial charge < -0.3 is 10.4 Å². The number of thiophene rings is 1. The van der Waals surface area contributed by atoms with Crippen LogP contribution in [-0.4, -0.2) is 28.3 Å². The molecule has 0 saturated heterocycles. The van der Waals surface area contributed by atoms with Crippen LogP contribution in [0.4, 0.5) is 5.00 Å². The molecule has 196 valence electrons. The summed E-state index contributed by atoms with van der Waals surface area (Å²) in [6.45, 7) is 6.73. The Balaban J connectivity index is 1.65. The molecule has 0 spiro atoms. The van der Waals surface area contributed by atoms with E-state index in [1.54, 1.807) is 23.6 Å². The van der Waals surface area contributed by atoms with E-state index in [2.05, 4.69) is 12.2 Å². The molecular formula is C31H33N3O3S. The number of pyridine rings is 1. The summed E-state index contributed by atoms with van der Waals surface area (Å²) >= 11 is 1.56. The number of carbonyl (C=O) groups is 1. The van der Waals surface area contributed by atoms with Crippen molar-refractivity contribution < 1.29 is 9.90 Å². The topological polar surface area (TPSA) is 83.7 Å². The van der Waals surface area contributed by atoms with Crippen LogP contribution in [-0.2, 0) is 12.8 Å². The maximum atomic E-state index is 13.5. The third kappa shape index (κ3) is 4.78. The summed E-state index contributed by atoms with van der Waals surface area (Å²) in [7, 11) is 0. The van der Waals surface area contributed by atoms with Crippen molar-refractivity contribution in [2.45, 2.75) is 59.3 Å². The minimum atomic E-state index is -0.291. The van der Waals surface area contributed by atoms with E-state index in [0.717, 1.165) is 55.2 Å². The van der Waals surface area contributed by atoms with Gasteiger partial charge in [-0.3, -0.25) is 9.59 Å². The zero-order valence-electron chi connectivity index (χ0n) is 22.1. The van der Waals surface area contributed by atoms with Gasteiger partial charge in [0.1, 0.15) is 5.00 Å². The average molecular weight is 528 g/mol. The van der Waals surface area contributed by atoms with Gasteiger partial charge in [-0.1, -0.05) is 37.6 Å². The van der Waals surface area contributed by atoms with Crippen LogP contribution in [0.15, 0.2) is 52.3 Å². The molecule has 0 saturated carbocycles. The second-order valence-corrected chi connectivity index (χ2v) is 11.0. The molecule has 2 aromatic carbocycles. The summed E-state index contributed by atoms with van der Waals surface area (Å²) < 4.78 is 1.34. The number of carbonyl (C=O) groups excluding carboxylic acids is 1. The Labute approximate surface area is 226 Å². The van der Waals surface area contributed by atoms with Gasteiger partial charge in [0.15, 0.2) is 0 Å². The van der Waals surface area contributed by atoms with Gasteiger partial charge >= 0.3 is 0 Å². The van der Waals surface area contributed by atoms with Crippen molar-refractivity contribution in [2.75, 3.05) is 6.54 Å². The lowest BCUT2D eigenvalue weighted by molar-refractivity contribution is 0.0953. The smallest absolute Gasteiger partial charge is 0.265 e. The van der Waals surface area contributed by atoms with Crippen LogP contribution in [0.25, 0.3) is 16.5 Å². The summed E-state index contributed by atoms with van der Waals surface area (Å²) in [5, 5.41) is 16.3. The van der Waals surface area contributed by atoms with E-state index >= 15 is 0 Å². The van der Waals surface area contributed by atoms with Crippen molar-refractivity contribution in [1.29, 1.82) is 0 Å². The summed E-state index contributed by atoms with van der Waals surface area (Å²) in [4.78, 5) is 32.7. The maximum absolute atomic E-state index is 13.5. The van der Waals surface area contributed by atoms with E-state index in [4.69, 9.17) is 4.99 Å². The van der Waals surface area contributed by atoms with E-state index in [-0.39, 0.29) is 17.3 Å². The van der Waals surface area contributed by atoms with Crippen LogP contribution in [0.3, 0.4) is 0 Å². The summed E-state index contributed by atoms with van der Waals surface area (Å²) in [5.74, 6) is -0.254. The van der Waals surface area contributed by atoms with Crippen LogP contribution in [0.5, 0.6) is 5.88 Å². The minimum absolute atomic E-state index is 0.0841. The van der Waals surface area contributed by atoms with Crippen LogP contribution in [0.1, 0.15) is 70.1 Å². The Morgan fingerprint density at radius 1 is 1.11 bits per heavy atom. The van der Waals surface area contributed by atoms with Gasteiger partial charge in [-0.25, -0.2) is 9.56 Å². The zero-order valence-corrected chi connectivity index (χ0v) is 23.0. The number of aliphatic imine (C=N–C) groups is 1. The number of aryl methyl sites for hydroxylation is 3. The molecule has 2 N–H and O–H groups in total. The number of fused-ring (bicyclic) bond motifs is 2. The SMILES string of the molecule is CCCCNC(=O)c1c(/N=C/c2c(O)n(-c3ccc(C)c(C)c3)c(=O)c3ccccc23)sc2c1CCCC2. The Bertz CT molecular complexity index is 1610. The average Bonchev–Trinajstić information content (AvgIpc) is 3.29. The number of hydrogen-bond acceptors (Lipinski definition) is 5. The predicted octanol–water partition coefficient (Wildman–Crippen LogP) is 6.53. The van der Waals surface area contributed by atoms with Crippen molar-refractivity contribution in [3.63, 3.8) is 0 Å². The molecule has 2 aromatic heterocycles. The molecule has 0 fully saturated rings. The van der Waals surface area contributed by atoms with Crippen molar-refractivity contribution in [3.8, 4) is 11.6 Å². The van der Waals surface area contributed by atoms with Crippen LogP contribution >= 0.6 is 11.3 Å². The first-order valence-electron chi connectivity index (χ1n) is 13.3. The van der Waals surface area contributed by atoms with Gasteiger partial charge in [0.2, 0.25) is 5.88 Å². The highest BCUT2D eigenvalue weighted by molar-refractivity contribution is 7.16. The molecule has 4 aromatic rings. The van der Waals surface area contributed by atoms with E-state index in [1.807, 2.05) is 50.2 Å². The highest BCUT2D eigenvalue weighted by atomic mass is 32.1. The van der Waals surface area contributed by atoms with Crippen LogP contribution in [0, 0.1) is 13.8 Å². The first-order chi connectivity index (χ1) is 18.4. The number of aromatic hydroxyl groups is 1. The van der Waals surface area contributed by atoms with Crippen molar-refractivity contribution in [1.82, 2.24) is 9.88 Å². The molecule has 5 rings (SSSR count). The standard InChI is InChI=1S/C31H33N3O3S/c1-4-5-16-32-28(35)27-24-12-8-9-13-26(24)38-29(27)33-18-25-22-10-6-7-11-23(22)30(36)34(31(25)37)21-15-14-19(2)20(3)17-21/h6-7,10-11,14-15,17-18,37H,4-5,8-9,12-13,16H2,1-3H3,(H,32,35)/b33-18+. The van der Waals surface area contributed by atoms with Gasteiger partial charge in [0.05, 0.1) is 16.8 Å². The number of rotatable bonds is 7. The Kier molecular flexibility index (Phi) is 7.47. The third-order valence-electron chi connectivity index (χ3n) is 7.36.